The summed E-state index contributed by atoms with van der Waals surface area (Å²) in [5.74, 6) is -0.175. The molecule has 1 unspecified atom stereocenters. The number of nitrogens with one attached hydrogen (secondary N) is 1. The Morgan fingerprint density at radius 3 is 2.77 bits per heavy atom. The van der Waals surface area contributed by atoms with Gasteiger partial charge in [-0.2, -0.15) is 0 Å². The number of urea groups is 1. The maximum atomic E-state index is 14.0. The molecule has 0 saturated carbocycles. The lowest BCUT2D eigenvalue weighted by Gasteiger charge is -2.30. The molecule has 9 heteroatoms. The highest BCUT2D eigenvalue weighted by Gasteiger charge is 2.26. The topological polar surface area (TPSA) is 76.5 Å². The van der Waals surface area contributed by atoms with E-state index < -0.39 is 17.9 Å². The van der Waals surface area contributed by atoms with Gasteiger partial charge in [0.2, 0.25) is 0 Å². The number of rotatable bonds is 6. The summed E-state index contributed by atoms with van der Waals surface area (Å²) >= 11 is 6.05. The molecule has 1 heterocycles. The predicted octanol–water partition coefficient (Wildman–Crippen LogP) is 3.97. The summed E-state index contributed by atoms with van der Waals surface area (Å²) in [4.78, 5) is 31.8. The Hall–Kier alpha value is -2.97. The number of amides is 2. The van der Waals surface area contributed by atoms with Gasteiger partial charge >= 0.3 is 6.03 Å². The van der Waals surface area contributed by atoms with Crippen LogP contribution in [-0.4, -0.2) is 40.7 Å². The molecule has 3 aromatic rings. The fraction of sp³-hybridized carbons (Fsp3) is 0.286. The van der Waals surface area contributed by atoms with E-state index in [0.29, 0.717) is 21.7 Å². The molecule has 0 fully saturated rings. The van der Waals surface area contributed by atoms with Crippen molar-refractivity contribution in [3.8, 4) is 0 Å². The summed E-state index contributed by atoms with van der Waals surface area (Å²) in [6.45, 7) is 2.21. The quantitative estimate of drug-likeness (QED) is 0.639. The molecule has 2 aromatic carbocycles. The van der Waals surface area contributed by atoms with Crippen LogP contribution in [0.1, 0.15) is 18.8 Å². The molecule has 0 saturated heterocycles. The molecule has 0 aliphatic heterocycles. The highest BCUT2D eigenvalue weighted by Crippen LogP contribution is 2.23. The summed E-state index contributed by atoms with van der Waals surface area (Å²) in [5.41, 5.74) is 0.248. The van der Waals surface area contributed by atoms with Crippen LogP contribution in [0.25, 0.3) is 10.9 Å². The van der Waals surface area contributed by atoms with Gasteiger partial charge in [0.25, 0.3) is 5.56 Å². The van der Waals surface area contributed by atoms with E-state index in [1.807, 2.05) is 0 Å². The number of hydrogen-bond donors (Lipinski definition) is 1. The fourth-order valence-electron chi connectivity index (χ4n) is 3.18. The van der Waals surface area contributed by atoms with Gasteiger partial charge in [-0.25, -0.2) is 14.2 Å². The Morgan fingerprint density at radius 2 is 2.07 bits per heavy atom. The van der Waals surface area contributed by atoms with Crippen LogP contribution in [0.15, 0.2) is 47.3 Å². The number of fused-ring (bicyclic) bond motifs is 1. The van der Waals surface area contributed by atoms with E-state index in [2.05, 4.69) is 10.3 Å². The van der Waals surface area contributed by atoms with Crippen molar-refractivity contribution in [1.82, 2.24) is 14.5 Å². The number of carbonyl (C=O) groups is 1. The molecular weight excluding hydrogens is 411 g/mol. The van der Waals surface area contributed by atoms with E-state index in [0.717, 1.165) is 0 Å². The second-order valence-electron chi connectivity index (χ2n) is 6.77. The molecule has 0 aliphatic rings. The van der Waals surface area contributed by atoms with Crippen LogP contribution in [0.5, 0.6) is 0 Å². The van der Waals surface area contributed by atoms with Crippen molar-refractivity contribution in [2.45, 2.75) is 13.0 Å². The summed E-state index contributed by atoms with van der Waals surface area (Å²) in [6, 6.07) is 9.61. The molecule has 158 valence electrons. The van der Waals surface area contributed by atoms with Gasteiger partial charge in [0, 0.05) is 25.7 Å². The molecule has 0 spiro atoms. The number of ether oxygens (including phenoxy) is 1. The SMILES string of the molecule is COCCN(C(=O)Nc1ccccc1F)C(C)c1nc2cc(Cl)ccc2c(=O)n1C. The van der Waals surface area contributed by atoms with Gasteiger partial charge in [0.05, 0.1) is 29.2 Å². The Morgan fingerprint density at radius 1 is 1.33 bits per heavy atom. The van der Waals surface area contributed by atoms with Crippen molar-refractivity contribution in [2.75, 3.05) is 25.6 Å². The average molecular weight is 433 g/mol. The third-order valence-corrected chi connectivity index (χ3v) is 5.06. The van der Waals surface area contributed by atoms with Crippen molar-refractivity contribution in [3.05, 3.63) is 69.5 Å². The third kappa shape index (κ3) is 4.44. The molecule has 0 aliphatic carbocycles. The average Bonchev–Trinajstić information content (AvgIpc) is 2.72. The van der Waals surface area contributed by atoms with Crippen molar-refractivity contribution in [2.24, 2.45) is 7.05 Å². The van der Waals surface area contributed by atoms with Crippen molar-refractivity contribution in [1.29, 1.82) is 0 Å². The number of nitrogens with zero attached hydrogens (tertiary/aromatic N) is 3. The van der Waals surface area contributed by atoms with Crippen LogP contribution in [0.2, 0.25) is 5.02 Å². The first kappa shape index (κ1) is 21.7. The number of aromatic nitrogens is 2. The minimum Gasteiger partial charge on any atom is -0.383 e. The maximum Gasteiger partial charge on any atom is 0.322 e. The third-order valence-electron chi connectivity index (χ3n) is 4.83. The lowest BCUT2D eigenvalue weighted by atomic mass is 10.2. The Bertz CT molecular complexity index is 1130. The number of carbonyl (C=O) groups excluding carboxylic acids is 1. The summed E-state index contributed by atoms with van der Waals surface area (Å²) < 4.78 is 20.5. The first-order valence-corrected chi connectivity index (χ1v) is 9.68. The minimum absolute atomic E-state index is 0.0595. The normalized spacial score (nSPS) is 12.0. The van der Waals surface area contributed by atoms with Crippen LogP contribution in [0.4, 0.5) is 14.9 Å². The lowest BCUT2D eigenvalue weighted by Crippen LogP contribution is -2.41. The van der Waals surface area contributed by atoms with Gasteiger partial charge in [0.15, 0.2) is 0 Å². The number of para-hydroxylation sites is 1. The van der Waals surface area contributed by atoms with E-state index >= 15 is 0 Å². The predicted molar refractivity (Wildman–Crippen MR) is 114 cm³/mol. The zero-order chi connectivity index (χ0) is 21.8. The van der Waals surface area contributed by atoms with E-state index in [-0.39, 0.29) is 24.4 Å². The number of methoxy groups -OCH3 is 1. The van der Waals surface area contributed by atoms with Gasteiger partial charge in [-0.05, 0) is 37.3 Å². The Labute approximate surface area is 178 Å². The number of benzene rings is 2. The highest BCUT2D eigenvalue weighted by atomic mass is 35.5. The first-order valence-electron chi connectivity index (χ1n) is 9.30. The van der Waals surface area contributed by atoms with Gasteiger partial charge in [-0.3, -0.25) is 9.36 Å². The smallest absolute Gasteiger partial charge is 0.322 e. The molecule has 1 aromatic heterocycles. The molecule has 7 nitrogen and oxygen atoms in total. The molecule has 3 rings (SSSR count). The first-order chi connectivity index (χ1) is 14.3. The standard InChI is InChI=1S/C21H22ClFN4O3/c1-13(19-24-18-12-14(22)8-9-15(18)20(28)26(19)2)27(10-11-30-3)21(29)25-17-7-5-4-6-16(17)23/h4-9,12-13H,10-11H2,1-3H3,(H,25,29). The molecule has 2 amide bonds. The summed E-state index contributed by atoms with van der Waals surface area (Å²) in [6.07, 6.45) is 0. The Balaban J connectivity index is 2.00. The molecule has 30 heavy (non-hydrogen) atoms. The molecule has 1 N–H and O–H groups in total. The van der Waals surface area contributed by atoms with Gasteiger partial charge in [0.1, 0.15) is 11.6 Å². The van der Waals surface area contributed by atoms with E-state index in [4.69, 9.17) is 16.3 Å². The van der Waals surface area contributed by atoms with Crippen LogP contribution >= 0.6 is 11.6 Å². The minimum atomic E-state index is -0.604. The van der Waals surface area contributed by atoms with E-state index in [1.165, 1.54) is 34.8 Å². The van der Waals surface area contributed by atoms with Gasteiger partial charge in [-0.15, -0.1) is 0 Å². The van der Waals surface area contributed by atoms with Crippen LogP contribution in [0, 0.1) is 5.82 Å². The number of anilines is 1. The largest absolute Gasteiger partial charge is 0.383 e. The van der Waals surface area contributed by atoms with E-state index in [1.54, 1.807) is 38.2 Å². The molecule has 0 bridgehead atoms. The zero-order valence-electron chi connectivity index (χ0n) is 16.9. The van der Waals surface area contributed by atoms with Crippen LogP contribution < -0.4 is 10.9 Å². The van der Waals surface area contributed by atoms with Gasteiger partial charge in [-0.1, -0.05) is 23.7 Å². The monoisotopic (exact) mass is 432 g/mol. The van der Waals surface area contributed by atoms with Gasteiger partial charge < -0.3 is 15.0 Å². The zero-order valence-corrected chi connectivity index (χ0v) is 17.6. The second-order valence-corrected chi connectivity index (χ2v) is 7.20. The summed E-state index contributed by atoms with van der Waals surface area (Å²) in [5, 5.41) is 3.45. The summed E-state index contributed by atoms with van der Waals surface area (Å²) in [7, 11) is 3.11. The lowest BCUT2D eigenvalue weighted by molar-refractivity contribution is 0.136. The number of hydrogen-bond acceptors (Lipinski definition) is 4. The number of halogens is 2. The van der Waals surface area contributed by atoms with Crippen LogP contribution in [-0.2, 0) is 11.8 Å². The van der Waals surface area contributed by atoms with Crippen LogP contribution in [0.3, 0.4) is 0 Å². The Kier molecular flexibility index (Phi) is 6.69. The molecule has 1 atom stereocenters. The fourth-order valence-corrected chi connectivity index (χ4v) is 3.35. The van der Waals surface area contributed by atoms with Crippen molar-refractivity contribution >= 4 is 34.2 Å². The maximum absolute atomic E-state index is 14.0. The molecular formula is C21H22ClFN4O3. The van der Waals surface area contributed by atoms with E-state index in [9.17, 15) is 14.0 Å². The van der Waals surface area contributed by atoms with Crippen molar-refractivity contribution in [3.63, 3.8) is 0 Å². The second kappa shape index (κ2) is 9.23. The molecule has 0 radical (unpaired) electrons. The highest BCUT2D eigenvalue weighted by molar-refractivity contribution is 6.31. The van der Waals surface area contributed by atoms with Crippen molar-refractivity contribution < 1.29 is 13.9 Å².